The molecule has 0 aliphatic rings. The van der Waals surface area contributed by atoms with Crippen molar-refractivity contribution in [1.82, 2.24) is 9.80 Å². The zero-order chi connectivity index (χ0) is 18.1. The third kappa shape index (κ3) is 6.92. The molecular weight excluding hydrogens is 316 g/mol. The first-order valence-electron chi connectivity index (χ1n) is 7.75. The highest BCUT2D eigenvalue weighted by Crippen LogP contribution is 2.15. The average molecular weight is 339 g/mol. The maximum atomic E-state index is 12.3. The molecule has 24 heavy (non-hydrogen) atoms. The number of carbonyl (C=O) groups excluding carboxylic acids is 1. The smallest absolute Gasteiger partial charge is 0.387 e. The second-order valence-corrected chi connectivity index (χ2v) is 5.63. The number of hydrogen-bond acceptors (Lipinski definition) is 4. The van der Waals surface area contributed by atoms with Crippen molar-refractivity contribution >= 4 is 5.91 Å². The van der Waals surface area contributed by atoms with Gasteiger partial charge in [0.2, 0.25) is 5.91 Å². The molecule has 0 heterocycles. The van der Waals surface area contributed by atoms with Crippen molar-refractivity contribution in [2.45, 2.75) is 27.0 Å². The Balaban J connectivity index is 2.55. The maximum absolute atomic E-state index is 12.3. The highest BCUT2D eigenvalue weighted by Gasteiger charge is 2.16. The van der Waals surface area contributed by atoms with Gasteiger partial charge in [-0.3, -0.25) is 9.69 Å². The normalized spacial score (nSPS) is 12.1. The van der Waals surface area contributed by atoms with E-state index in [2.05, 4.69) is 10.8 Å². The van der Waals surface area contributed by atoms with Crippen molar-refractivity contribution in [2.24, 2.45) is 5.92 Å². The first kappa shape index (κ1) is 19.8. The first-order valence-corrected chi connectivity index (χ1v) is 7.75. The van der Waals surface area contributed by atoms with Gasteiger partial charge < -0.3 is 9.64 Å². The summed E-state index contributed by atoms with van der Waals surface area (Å²) in [6, 6.07) is 8.36. The summed E-state index contributed by atoms with van der Waals surface area (Å²) in [5.41, 5.74) is 0.820. The number of alkyl halides is 2. The average Bonchev–Trinajstić information content (AvgIpc) is 2.55. The number of ether oxygens (including phenoxy) is 1. The molecule has 132 valence electrons. The predicted molar refractivity (Wildman–Crippen MR) is 86.4 cm³/mol. The Morgan fingerprint density at radius 3 is 2.46 bits per heavy atom. The lowest BCUT2D eigenvalue weighted by molar-refractivity contribution is -0.131. The Labute approximate surface area is 141 Å². The van der Waals surface area contributed by atoms with Gasteiger partial charge in [-0.15, -0.1) is 0 Å². The standard InChI is InChI=1S/C17H23F2N3O2/c1-4-22(10-13(2)9-20)12-16(23)21(3)11-14-5-7-15(8-6-14)24-17(18)19/h5-8,13,17H,4,10-12H2,1-3H3. The lowest BCUT2D eigenvalue weighted by Gasteiger charge is -2.24. The fourth-order valence-corrected chi connectivity index (χ4v) is 2.18. The minimum absolute atomic E-state index is 0.0603. The third-order valence-electron chi connectivity index (χ3n) is 3.55. The number of halogens is 2. The van der Waals surface area contributed by atoms with Gasteiger partial charge in [0.25, 0.3) is 0 Å². The number of amides is 1. The van der Waals surface area contributed by atoms with Crippen LogP contribution in [0.15, 0.2) is 24.3 Å². The third-order valence-corrected chi connectivity index (χ3v) is 3.55. The molecule has 1 aromatic carbocycles. The van der Waals surface area contributed by atoms with E-state index in [0.29, 0.717) is 19.6 Å². The number of benzene rings is 1. The summed E-state index contributed by atoms with van der Waals surface area (Å²) in [6.07, 6.45) is 0. The maximum Gasteiger partial charge on any atom is 0.387 e. The molecule has 0 spiro atoms. The second-order valence-electron chi connectivity index (χ2n) is 5.63. The van der Waals surface area contributed by atoms with Gasteiger partial charge in [0.05, 0.1) is 18.5 Å². The van der Waals surface area contributed by atoms with Gasteiger partial charge in [-0.1, -0.05) is 19.1 Å². The molecule has 5 nitrogen and oxygen atoms in total. The molecule has 0 radical (unpaired) electrons. The molecule has 1 atom stereocenters. The largest absolute Gasteiger partial charge is 0.435 e. The van der Waals surface area contributed by atoms with Gasteiger partial charge in [-0.05, 0) is 31.2 Å². The highest BCUT2D eigenvalue weighted by atomic mass is 19.3. The van der Waals surface area contributed by atoms with E-state index >= 15 is 0 Å². The van der Waals surface area contributed by atoms with Crippen LogP contribution < -0.4 is 4.74 Å². The van der Waals surface area contributed by atoms with Crippen molar-refractivity contribution in [1.29, 1.82) is 5.26 Å². The van der Waals surface area contributed by atoms with Gasteiger partial charge in [0.15, 0.2) is 0 Å². The Kier molecular flexibility index (Phi) is 8.13. The Morgan fingerprint density at radius 2 is 1.96 bits per heavy atom. The Morgan fingerprint density at radius 1 is 1.33 bits per heavy atom. The number of hydrogen-bond donors (Lipinski definition) is 0. The van der Waals surface area contributed by atoms with E-state index < -0.39 is 6.61 Å². The van der Waals surface area contributed by atoms with Crippen LogP contribution in [0.25, 0.3) is 0 Å². The number of nitrogens with zero attached hydrogens (tertiary/aromatic N) is 3. The summed E-state index contributed by atoms with van der Waals surface area (Å²) in [5.74, 6) is -0.106. The zero-order valence-electron chi connectivity index (χ0n) is 14.2. The van der Waals surface area contributed by atoms with E-state index in [1.807, 2.05) is 18.7 Å². The number of likely N-dealkylation sites (N-methyl/N-ethyl adjacent to an activating group) is 2. The summed E-state index contributed by atoms with van der Waals surface area (Å²) in [5, 5.41) is 8.87. The molecule has 0 saturated heterocycles. The van der Waals surface area contributed by atoms with Crippen LogP contribution >= 0.6 is 0 Å². The SMILES string of the molecule is CCN(CC(=O)N(C)Cc1ccc(OC(F)F)cc1)CC(C)C#N. The fraction of sp³-hybridized carbons (Fsp3) is 0.529. The Hall–Kier alpha value is -2.20. The monoisotopic (exact) mass is 339 g/mol. The molecule has 1 aromatic rings. The van der Waals surface area contributed by atoms with Gasteiger partial charge in [-0.25, -0.2) is 0 Å². The van der Waals surface area contributed by atoms with Crippen LogP contribution in [0.4, 0.5) is 8.78 Å². The topological polar surface area (TPSA) is 56.6 Å². The Bertz CT molecular complexity index is 558. The lowest BCUT2D eigenvalue weighted by Crippen LogP contribution is -2.39. The van der Waals surface area contributed by atoms with E-state index in [1.54, 1.807) is 24.1 Å². The molecule has 0 bridgehead atoms. The van der Waals surface area contributed by atoms with Gasteiger partial charge in [-0.2, -0.15) is 14.0 Å². The van der Waals surface area contributed by atoms with Crippen LogP contribution in [0.3, 0.4) is 0 Å². The highest BCUT2D eigenvalue weighted by molar-refractivity contribution is 5.78. The molecule has 0 fully saturated rings. The van der Waals surface area contributed by atoms with Crippen molar-refractivity contribution in [3.63, 3.8) is 0 Å². The number of nitriles is 1. The van der Waals surface area contributed by atoms with Gasteiger partial charge in [0, 0.05) is 20.1 Å². The molecule has 0 aromatic heterocycles. The van der Waals surface area contributed by atoms with Gasteiger partial charge in [0.1, 0.15) is 5.75 Å². The minimum Gasteiger partial charge on any atom is -0.435 e. The van der Waals surface area contributed by atoms with Crippen LogP contribution in [-0.4, -0.2) is 49.0 Å². The van der Waals surface area contributed by atoms with Crippen LogP contribution in [0.5, 0.6) is 5.75 Å². The van der Waals surface area contributed by atoms with E-state index in [4.69, 9.17) is 5.26 Å². The molecule has 1 amide bonds. The first-order chi connectivity index (χ1) is 11.3. The molecular formula is C17H23F2N3O2. The van der Waals surface area contributed by atoms with Crippen LogP contribution in [0, 0.1) is 17.2 Å². The van der Waals surface area contributed by atoms with Crippen molar-refractivity contribution < 1.29 is 18.3 Å². The summed E-state index contributed by atoms with van der Waals surface area (Å²) >= 11 is 0. The lowest BCUT2D eigenvalue weighted by atomic mass is 10.2. The van der Waals surface area contributed by atoms with E-state index in [0.717, 1.165) is 5.56 Å². The minimum atomic E-state index is -2.85. The van der Waals surface area contributed by atoms with Crippen molar-refractivity contribution in [2.75, 3.05) is 26.7 Å². The van der Waals surface area contributed by atoms with E-state index in [-0.39, 0.29) is 24.1 Å². The summed E-state index contributed by atoms with van der Waals surface area (Å²) in [6.45, 7) is 2.76. The second kappa shape index (κ2) is 9.83. The summed E-state index contributed by atoms with van der Waals surface area (Å²) in [4.78, 5) is 15.8. The van der Waals surface area contributed by atoms with Crippen LogP contribution in [0.2, 0.25) is 0 Å². The van der Waals surface area contributed by atoms with Crippen molar-refractivity contribution in [3.05, 3.63) is 29.8 Å². The molecule has 0 aliphatic heterocycles. The number of rotatable bonds is 9. The quantitative estimate of drug-likeness (QED) is 0.694. The number of carbonyl (C=O) groups is 1. The van der Waals surface area contributed by atoms with Crippen LogP contribution in [0.1, 0.15) is 19.4 Å². The van der Waals surface area contributed by atoms with Gasteiger partial charge >= 0.3 is 6.61 Å². The summed E-state index contributed by atoms with van der Waals surface area (Å²) in [7, 11) is 1.69. The molecule has 1 unspecified atom stereocenters. The van der Waals surface area contributed by atoms with E-state index in [9.17, 15) is 13.6 Å². The molecule has 0 N–H and O–H groups in total. The summed E-state index contributed by atoms with van der Waals surface area (Å²) < 4.78 is 28.5. The molecule has 1 rings (SSSR count). The van der Waals surface area contributed by atoms with Crippen molar-refractivity contribution in [3.8, 4) is 11.8 Å². The predicted octanol–water partition coefficient (Wildman–Crippen LogP) is 2.73. The van der Waals surface area contributed by atoms with E-state index in [1.165, 1.54) is 12.1 Å². The zero-order valence-corrected chi connectivity index (χ0v) is 14.2. The molecule has 0 aliphatic carbocycles. The van der Waals surface area contributed by atoms with Crippen LogP contribution in [-0.2, 0) is 11.3 Å². The fourth-order valence-electron chi connectivity index (χ4n) is 2.18. The molecule has 7 heteroatoms. The molecule has 0 saturated carbocycles.